The van der Waals surface area contributed by atoms with Gasteiger partial charge < -0.3 is 4.90 Å². The van der Waals surface area contributed by atoms with Crippen molar-refractivity contribution in [1.82, 2.24) is 4.90 Å². The van der Waals surface area contributed by atoms with Gasteiger partial charge in [0.2, 0.25) is 5.91 Å². The number of allylic oxidation sites excluding steroid dienone is 8. The van der Waals surface area contributed by atoms with E-state index in [2.05, 4.69) is 55.5 Å². The number of amides is 1. The molecule has 0 N–H and O–H groups in total. The third-order valence-corrected chi connectivity index (χ3v) is 4.93. The Bertz CT molecular complexity index is 467. The molecule has 27 heavy (non-hydrogen) atoms. The van der Waals surface area contributed by atoms with Gasteiger partial charge in [-0.2, -0.15) is 0 Å². The van der Waals surface area contributed by atoms with Gasteiger partial charge in [0.15, 0.2) is 0 Å². The molecule has 152 valence electrons. The lowest BCUT2D eigenvalue weighted by molar-refractivity contribution is -0.132. The van der Waals surface area contributed by atoms with E-state index in [1.165, 1.54) is 44.9 Å². The molecule has 0 aliphatic carbocycles. The molecule has 1 aliphatic rings. The van der Waals surface area contributed by atoms with Gasteiger partial charge in [0.1, 0.15) is 0 Å². The van der Waals surface area contributed by atoms with Crippen molar-refractivity contribution in [1.29, 1.82) is 0 Å². The van der Waals surface area contributed by atoms with Crippen LogP contribution in [0, 0.1) is 0 Å². The van der Waals surface area contributed by atoms with Crippen LogP contribution in [0.1, 0.15) is 90.4 Å². The van der Waals surface area contributed by atoms with Gasteiger partial charge in [0, 0.05) is 19.5 Å². The summed E-state index contributed by atoms with van der Waals surface area (Å²) in [6.45, 7) is 4.20. The van der Waals surface area contributed by atoms with E-state index in [0.717, 1.165) is 45.2 Å². The van der Waals surface area contributed by atoms with E-state index in [-0.39, 0.29) is 0 Å². The third-order valence-electron chi connectivity index (χ3n) is 4.93. The molecule has 0 bridgehead atoms. The van der Waals surface area contributed by atoms with Gasteiger partial charge in [-0.1, -0.05) is 68.4 Å². The Kier molecular flexibility index (Phi) is 15.5. The largest absolute Gasteiger partial charge is 0.343 e. The van der Waals surface area contributed by atoms with Gasteiger partial charge >= 0.3 is 0 Å². The topological polar surface area (TPSA) is 20.3 Å². The number of piperidine rings is 1. The Hall–Kier alpha value is -1.57. The first-order chi connectivity index (χ1) is 13.3. The summed E-state index contributed by atoms with van der Waals surface area (Å²) in [5.41, 5.74) is 0. The molecule has 2 nitrogen and oxygen atoms in total. The molecule has 1 heterocycles. The molecule has 0 aromatic rings. The number of nitrogens with zero attached hydrogens (tertiary/aromatic N) is 1. The van der Waals surface area contributed by atoms with Gasteiger partial charge in [0.25, 0.3) is 0 Å². The van der Waals surface area contributed by atoms with Crippen molar-refractivity contribution < 1.29 is 4.79 Å². The summed E-state index contributed by atoms with van der Waals surface area (Å²) in [6.07, 6.45) is 32.5. The van der Waals surface area contributed by atoms with E-state index >= 15 is 0 Å². The minimum absolute atomic E-state index is 0.352. The standard InChI is InChI=1S/C25H41NO/c1-2-3-4-5-6-7-8-9-10-11-12-13-14-15-16-17-19-22-25(27)26-23-20-18-21-24-26/h6-7,9-10,12-13,15-16H,2-5,8,11,14,17-24H2,1H3/b7-6-,10-9-,13-12-,16-15-. The number of carbonyl (C=O) groups is 1. The molecule has 0 saturated carbocycles. The van der Waals surface area contributed by atoms with E-state index in [1.807, 2.05) is 4.90 Å². The highest BCUT2D eigenvalue weighted by Crippen LogP contribution is 2.11. The fraction of sp³-hybridized carbons (Fsp3) is 0.640. The first-order valence-electron chi connectivity index (χ1n) is 11.2. The van der Waals surface area contributed by atoms with Gasteiger partial charge in [-0.3, -0.25) is 4.79 Å². The molecule has 1 rings (SSSR count). The molecule has 1 fully saturated rings. The summed E-state index contributed by atoms with van der Waals surface area (Å²) in [6, 6.07) is 0. The third kappa shape index (κ3) is 14.2. The van der Waals surface area contributed by atoms with Gasteiger partial charge in [0.05, 0.1) is 0 Å². The van der Waals surface area contributed by atoms with E-state index < -0.39 is 0 Å². The first-order valence-corrected chi connectivity index (χ1v) is 11.2. The van der Waals surface area contributed by atoms with Crippen LogP contribution in [-0.4, -0.2) is 23.9 Å². The highest BCUT2D eigenvalue weighted by atomic mass is 16.2. The molecule has 1 saturated heterocycles. The van der Waals surface area contributed by atoms with Crippen molar-refractivity contribution in [3.8, 4) is 0 Å². The number of unbranched alkanes of at least 4 members (excludes halogenated alkanes) is 4. The van der Waals surface area contributed by atoms with Crippen molar-refractivity contribution in [2.24, 2.45) is 0 Å². The second kappa shape index (κ2) is 17.8. The second-order valence-electron chi connectivity index (χ2n) is 7.42. The Morgan fingerprint density at radius 2 is 1.22 bits per heavy atom. The molecule has 0 aromatic carbocycles. The summed E-state index contributed by atoms with van der Waals surface area (Å²) in [5, 5.41) is 0. The summed E-state index contributed by atoms with van der Waals surface area (Å²) >= 11 is 0. The number of rotatable bonds is 14. The van der Waals surface area contributed by atoms with E-state index in [0.29, 0.717) is 12.3 Å². The van der Waals surface area contributed by atoms with Crippen LogP contribution >= 0.6 is 0 Å². The summed E-state index contributed by atoms with van der Waals surface area (Å²) in [5.74, 6) is 0.352. The normalized spacial score (nSPS) is 15.8. The molecule has 0 spiro atoms. The molecule has 0 aromatic heterocycles. The molecule has 1 aliphatic heterocycles. The fourth-order valence-electron chi connectivity index (χ4n) is 3.23. The molecule has 0 unspecified atom stereocenters. The summed E-state index contributed by atoms with van der Waals surface area (Å²) in [7, 11) is 0. The lowest BCUT2D eigenvalue weighted by atomic mass is 10.1. The average molecular weight is 372 g/mol. The Labute approximate surface area is 168 Å². The maximum atomic E-state index is 12.0. The predicted octanol–water partition coefficient (Wildman–Crippen LogP) is 7.14. The van der Waals surface area contributed by atoms with Crippen molar-refractivity contribution in [3.63, 3.8) is 0 Å². The van der Waals surface area contributed by atoms with Crippen molar-refractivity contribution in [2.75, 3.05) is 13.1 Å². The molecule has 0 radical (unpaired) electrons. The van der Waals surface area contributed by atoms with Crippen LogP contribution in [0.25, 0.3) is 0 Å². The molecular weight excluding hydrogens is 330 g/mol. The monoisotopic (exact) mass is 371 g/mol. The fourth-order valence-corrected chi connectivity index (χ4v) is 3.23. The van der Waals surface area contributed by atoms with Crippen LogP contribution < -0.4 is 0 Å². The molecule has 0 atom stereocenters. The Balaban J connectivity index is 1.92. The first kappa shape index (κ1) is 23.5. The Morgan fingerprint density at radius 3 is 1.78 bits per heavy atom. The van der Waals surface area contributed by atoms with Crippen LogP contribution in [0.2, 0.25) is 0 Å². The quantitative estimate of drug-likeness (QED) is 0.234. The second-order valence-corrected chi connectivity index (χ2v) is 7.42. The lowest BCUT2D eigenvalue weighted by Crippen LogP contribution is -2.35. The highest BCUT2D eigenvalue weighted by Gasteiger charge is 2.15. The maximum absolute atomic E-state index is 12.0. The van der Waals surface area contributed by atoms with Gasteiger partial charge in [-0.15, -0.1) is 0 Å². The zero-order valence-electron chi connectivity index (χ0n) is 17.6. The number of hydrogen-bond acceptors (Lipinski definition) is 1. The number of likely N-dealkylation sites (tertiary alicyclic amines) is 1. The predicted molar refractivity (Wildman–Crippen MR) is 119 cm³/mol. The zero-order chi connectivity index (χ0) is 19.4. The summed E-state index contributed by atoms with van der Waals surface area (Å²) < 4.78 is 0. The van der Waals surface area contributed by atoms with Crippen molar-refractivity contribution in [3.05, 3.63) is 48.6 Å². The summed E-state index contributed by atoms with van der Waals surface area (Å²) in [4.78, 5) is 14.1. The SMILES string of the molecule is CCCCC/C=C\C/C=C\C/C=C\C/C=C\CCCC(=O)N1CCCCC1. The number of carbonyl (C=O) groups excluding carboxylic acids is 1. The highest BCUT2D eigenvalue weighted by molar-refractivity contribution is 5.76. The molecule has 2 heteroatoms. The number of hydrogen-bond donors (Lipinski definition) is 0. The molecular formula is C25H41NO. The van der Waals surface area contributed by atoms with E-state index in [9.17, 15) is 4.79 Å². The van der Waals surface area contributed by atoms with Crippen LogP contribution in [0.15, 0.2) is 48.6 Å². The van der Waals surface area contributed by atoms with Crippen LogP contribution in [-0.2, 0) is 4.79 Å². The average Bonchev–Trinajstić information content (AvgIpc) is 2.70. The Morgan fingerprint density at radius 1 is 0.704 bits per heavy atom. The van der Waals surface area contributed by atoms with Crippen molar-refractivity contribution >= 4 is 5.91 Å². The lowest BCUT2D eigenvalue weighted by Gasteiger charge is -2.26. The van der Waals surface area contributed by atoms with Crippen LogP contribution in [0.3, 0.4) is 0 Å². The van der Waals surface area contributed by atoms with Crippen LogP contribution in [0.5, 0.6) is 0 Å². The maximum Gasteiger partial charge on any atom is 0.222 e. The van der Waals surface area contributed by atoms with Gasteiger partial charge in [-0.25, -0.2) is 0 Å². The van der Waals surface area contributed by atoms with Crippen molar-refractivity contribution in [2.45, 2.75) is 90.4 Å². The van der Waals surface area contributed by atoms with E-state index in [1.54, 1.807) is 0 Å². The molecule has 1 amide bonds. The van der Waals surface area contributed by atoms with Gasteiger partial charge in [-0.05, 0) is 64.2 Å². The zero-order valence-corrected chi connectivity index (χ0v) is 17.6. The smallest absolute Gasteiger partial charge is 0.222 e. The van der Waals surface area contributed by atoms with E-state index in [4.69, 9.17) is 0 Å². The minimum atomic E-state index is 0.352. The minimum Gasteiger partial charge on any atom is -0.343 e. The van der Waals surface area contributed by atoms with Crippen LogP contribution in [0.4, 0.5) is 0 Å².